The molecule has 0 radical (unpaired) electrons. The maximum atomic E-state index is 4.88. The molecule has 0 fully saturated rings. The van der Waals surface area contributed by atoms with Crippen molar-refractivity contribution in [3.8, 4) is 22.3 Å². The van der Waals surface area contributed by atoms with E-state index in [4.69, 9.17) is 4.98 Å². The van der Waals surface area contributed by atoms with E-state index in [-0.39, 0.29) is 0 Å². The Morgan fingerprint density at radius 2 is 1.37 bits per heavy atom. The molecule has 0 aliphatic carbocycles. The van der Waals surface area contributed by atoms with Gasteiger partial charge < -0.3 is 4.98 Å². The van der Waals surface area contributed by atoms with Crippen molar-refractivity contribution in [3.63, 3.8) is 0 Å². The number of fused-ring (bicyclic) bond motifs is 3. The quantitative estimate of drug-likeness (QED) is 0.295. The average molecular weight is 391 g/mol. The highest BCUT2D eigenvalue weighted by molar-refractivity contribution is 6.07. The zero-order chi connectivity index (χ0) is 20.3. The van der Waals surface area contributed by atoms with Crippen LogP contribution in [-0.4, -0.2) is 9.97 Å². The maximum absolute atomic E-state index is 4.88. The van der Waals surface area contributed by atoms with Crippen LogP contribution in [0.15, 0.2) is 84.9 Å². The lowest BCUT2D eigenvalue weighted by atomic mass is 9.99. The van der Waals surface area contributed by atoms with Gasteiger partial charge in [0.1, 0.15) is 5.65 Å². The number of hydrogen-bond donors (Lipinski definition) is 1. The number of hydrogen-bond acceptors (Lipinski definition) is 1. The second kappa shape index (κ2) is 8.16. The van der Waals surface area contributed by atoms with E-state index < -0.39 is 0 Å². The van der Waals surface area contributed by atoms with Crippen molar-refractivity contribution in [1.29, 1.82) is 0 Å². The highest BCUT2D eigenvalue weighted by Gasteiger charge is 2.09. The van der Waals surface area contributed by atoms with E-state index in [2.05, 4.69) is 96.8 Å². The lowest BCUT2D eigenvalue weighted by Crippen LogP contribution is -1.90. The second-order valence-electron chi connectivity index (χ2n) is 7.98. The first-order valence-electron chi connectivity index (χ1n) is 10.9. The average Bonchev–Trinajstić information content (AvgIpc) is 3.17. The third-order valence-electron chi connectivity index (χ3n) is 5.88. The third-order valence-corrected chi connectivity index (χ3v) is 5.88. The predicted octanol–water partition coefficient (Wildman–Crippen LogP) is 7.78. The normalized spacial score (nSPS) is 11.4. The molecular formula is C28H26N2. The van der Waals surface area contributed by atoms with E-state index in [9.17, 15) is 0 Å². The van der Waals surface area contributed by atoms with Crippen molar-refractivity contribution < 1.29 is 0 Å². The molecule has 2 aromatic heterocycles. The van der Waals surface area contributed by atoms with Crippen LogP contribution in [0.25, 0.3) is 44.2 Å². The Hall–Kier alpha value is -3.39. The monoisotopic (exact) mass is 390 g/mol. The first-order valence-corrected chi connectivity index (χ1v) is 10.9. The van der Waals surface area contributed by atoms with Crippen LogP contribution < -0.4 is 0 Å². The van der Waals surface area contributed by atoms with Crippen LogP contribution in [0, 0.1) is 0 Å². The molecule has 0 amide bonds. The smallest absolute Gasteiger partial charge is 0.138 e. The molecule has 5 aromatic rings. The largest absolute Gasteiger partial charge is 0.339 e. The summed E-state index contributed by atoms with van der Waals surface area (Å²) >= 11 is 0. The lowest BCUT2D eigenvalue weighted by molar-refractivity contribution is 0.708. The molecule has 0 saturated heterocycles. The van der Waals surface area contributed by atoms with Gasteiger partial charge in [0.05, 0.1) is 0 Å². The Bertz CT molecular complexity index is 1280. The Kier molecular flexibility index (Phi) is 5.06. The van der Waals surface area contributed by atoms with Crippen molar-refractivity contribution in [2.45, 2.75) is 32.6 Å². The minimum absolute atomic E-state index is 0.996. The molecule has 0 aliphatic heterocycles. The molecule has 30 heavy (non-hydrogen) atoms. The van der Waals surface area contributed by atoms with Crippen molar-refractivity contribution in [3.05, 3.63) is 90.6 Å². The van der Waals surface area contributed by atoms with Crippen molar-refractivity contribution >= 4 is 21.9 Å². The van der Waals surface area contributed by atoms with Crippen molar-refractivity contribution in [2.24, 2.45) is 0 Å². The van der Waals surface area contributed by atoms with Crippen LogP contribution in [0.5, 0.6) is 0 Å². The summed E-state index contributed by atoms with van der Waals surface area (Å²) in [5.41, 5.74) is 8.28. The first-order chi connectivity index (χ1) is 14.8. The summed E-state index contributed by atoms with van der Waals surface area (Å²) in [6.07, 6.45) is 4.76. The predicted molar refractivity (Wildman–Crippen MR) is 128 cm³/mol. The van der Waals surface area contributed by atoms with Crippen LogP contribution >= 0.6 is 0 Å². The van der Waals surface area contributed by atoms with E-state index >= 15 is 0 Å². The fourth-order valence-electron chi connectivity index (χ4n) is 4.18. The van der Waals surface area contributed by atoms with Crippen LogP contribution in [-0.2, 0) is 6.42 Å². The number of aromatic amines is 1. The number of benzene rings is 3. The number of aryl methyl sites for hydroxylation is 1. The summed E-state index contributed by atoms with van der Waals surface area (Å²) in [5, 5.41) is 2.44. The molecule has 2 heteroatoms. The maximum Gasteiger partial charge on any atom is 0.138 e. The zero-order valence-corrected chi connectivity index (χ0v) is 17.4. The van der Waals surface area contributed by atoms with Gasteiger partial charge >= 0.3 is 0 Å². The number of aromatic nitrogens is 2. The first kappa shape index (κ1) is 18.6. The van der Waals surface area contributed by atoms with E-state index in [1.165, 1.54) is 58.0 Å². The van der Waals surface area contributed by atoms with Crippen molar-refractivity contribution in [2.75, 3.05) is 0 Å². The Balaban J connectivity index is 1.47. The van der Waals surface area contributed by atoms with E-state index in [0.29, 0.717) is 0 Å². The molecule has 0 saturated carbocycles. The van der Waals surface area contributed by atoms with Crippen LogP contribution in [0.2, 0.25) is 0 Å². The molecule has 1 N–H and O–H groups in total. The fraction of sp³-hybridized carbons (Fsp3) is 0.179. The molecule has 3 aromatic carbocycles. The van der Waals surface area contributed by atoms with Gasteiger partial charge in [0.2, 0.25) is 0 Å². The molecule has 0 atom stereocenters. The molecule has 5 rings (SSSR count). The van der Waals surface area contributed by atoms with Gasteiger partial charge in [-0.1, -0.05) is 80.4 Å². The lowest BCUT2D eigenvalue weighted by Gasteiger charge is -2.05. The highest BCUT2D eigenvalue weighted by atomic mass is 14.9. The molecule has 0 aliphatic rings. The fourth-order valence-corrected chi connectivity index (χ4v) is 4.18. The highest BCUT2D eigenvalue weighted by Crippen LogP contribution is 2.31. The molecule has 148 valence electrons. The van der Waals surface area contributed by atoms with Gasteiger partial charge in [-0.05, 0) is 59.4 Å². The SMILES string of the molecule is CCCCCc1ccc2c(n1)[nH]c1ccc(-c3ccc(-c4ccccc4)cc3)cc12. The van der Waals surface area contributed by atoms with Gasteiger partial charge in [-0.25, -0.2) is 4.98 Å². The Labute approximate surface area is 177 Å². The number of unbranched alkanes of at least 4 members (excludes halogenated alkanes) is 2. The molecule has 2 heterocycles. The minimum atomic E-state index is 0.996. The topological polar surface area (TPSA) is 28.7 Å². The molecule has 0 unspecified atom stereocenters. The zero-order valence-electron chi connectivity index (χ0n) is 17.4. The number of rotatable bonds is 6. The van der Waals surface area contributed by atoms with E-state index in [1.807, 2.05) is 0 Å². The summed E-state index contributed by atoms with van der Waals surface area (Å²) in [6, 6.07) is 30.4. The minimum Gasteiger partial charge on any atom is -0.339 e. The molecule has 0 bridgehead atoms. The number of nitrogens with zero attached hydrogens (tertiary/aromatic N) is 1. The summed E-state index contributed by atoms with van der Waals surface area (Å²) in [7, 11) is 0. The van der Waals surface area contributed by atoms with Crippen LogP contribution in [0.1, 0.15) is 31.9 Å². The van der Waals surface area contributed by atoms with Gasteiger partial charge in [-0.2, -0.15) is 0 Å². The Morgan fingerprint density at radius 1 is 0.667 bits per heavy atom. The van der Waals surface area contributed by atoms with Crippen LogP contribution in [0.3, 0.4) is 0 Å². The van der Waals surface area contributed by atoms with Gasteiger partial charge in [-0.15, -0.1) is 0 Å². The molecule has 2 nitrogen and oxygen atoms in total. The summed E-state index contributed by atoms with van der Waals surface area (Å²) in [5.74, 6) is 0. The summed E-state index contributed by atoms with van der Waals surface area (Å²) in [4.78, 5) is 8.38. The third kappa shape index (κ3) is 3.61. The number of H-pyrrole nitrogens is 1. The second-order valence-corrected chi connectivity index (χ2v) is 7.98. The number of nitrogens with one attached hydrogen (secondary N) is 1. The van der Waals surface area contributed by atoms with Gasteiger partial charge in [0.15, 0.2) is 0 Å². The molecular weight excluding hydrogens is 364 g/mol. The van der Waals surface area contributed by atoms with E-state index in [1.54, 1.807) is 0 Å². The molecule has 0 spiro atoms. The van der Waals surface area contributed by atoms with Crippen molar-refractivity contribution in [1.82, 2.24) is 9.97 Å². The van der Waals surface area contributed by atoms with Gasteiger partial charge in [-0.3, -0.25) is 0 Å². The van der Waals surface area contributed by atoms with Crippen LogP contribution in [0.4, 0.5) is 0 Å². The standard InChI is InChI=1S/C28H26N2/c1-2-3-5-10-24-16-17-25-26-19-23(15-18-27(26)30-28(25)29-24)22-13-11-21(12-14-22)20-8-6-4-7-9-20/h4,6-9,11-19H,2-3,5,10H2,1H3,(H,29,30). The van der Waals surface area contributed by atoms with Gasteiger partial charge in [0, 0.05) is 22.0 Å². The van der Waals surface area contributed by atoms with Gasteiger partial charge in [0.25, 0.3) is 0 Å². The number of pyridine rings is 1. The summed E-state index contributed by atoms with van der Waals surface area (Å²) < 4.78 is 0. The summed E-state index contributed by atoms with van der Waals surface area (Å²) in [6.45, 7) is 2.24. The van der Waals surface area contributed by atoms with E-state index in [0.717, 1.165) is 17.6 Å². The Morgan fingerprint density at radius 3 is 2.13 bits per heavy atom.